The van der Waals surface area contributed by atoms with Gasteiger partial charge in [-0.15, -0.1) is 0 Å². The molecule has 0 bridgehead atoms. The van der Waals surface area contributed by atoms with E-state index in [1.54, 1.807) is 0 Å². The van der Waals surface area contributed by atoms with Crippen molar-refractivity contribution in [1.29, 1.82) is 0 Å². The van der Waals surface area contributed by atoms with Crippen LogP contribution < -0.4 is 5.32 Å². The molecule has 0 saturated heterocycles. The zero-order valence-electron chi connectivity index (χ0n) is 15.0. The van der Waals surface area contributed by atoms with Gasteiger partial charge in [0.2, 0.25) is 0 Å². The van der Waals surface area contributed by atoms with Crippen molar-refractivity contribution in [3.05, 3.63) is 65.4 Å². The molecule has 2 aromatic carbocycles. The summed E-state index contributed by atoms with van der Waals surface area (Å²) in [6.45, 7) is 0.790. The number of nitrogens with one attached hydrogen (secondary N) is 2. The first-order chi connectivity index (χ1) is 12.7. The Bertz CT molecular complexity index is 925. The average molecular weight is 348 g/mol. The monoisotopic (exact) mass is 348 g/mol. The fourth-order valence-corrected chi connectivity index (χ4v) is 3.56. The molecule has 0 radical (unpaired) electrons. The van der Waals surface area contributed by atoms with Crippen molar-refractivity contribution in [2.45, 2.75) is 32.2 Å². The third-order valence-corrected chi connectivity index (χ3v) is 5.26. The third-order valence-electron chi connectivity index (χ3n) is 5.26. The number of esters is 1. The first kappa shape index (κ1) is 16.7. The molecule has 0 aliphatic heterocycles. The van der Waals surface area contributed by atoms with Crippen molar-refractivity contribution in [1.82, 2.24) is 4.98 Å². The van der Waals surface area contributed by atoms with E-state index in [0.29, 0.717) is 5.69 Å². The van der Waals surface area contributed by atoms with E-state index in [1.807, 2.05) is 18.2 Å². The van der Waals surface area contributed by atoms with E-state index in [4.69, 9.17) is 4.74 Å². The van der Waals surface area contributed by atoms with Gasteiger partial charge in [0.1, 0.15) is 5.69 Å². The van der Waals surface area contributed by atoms with Crippen molar-refractivity contribution in [3.8, 4) is 0 Å². The van der Waals surface area contributed by atoms with Gasteiger partial charge in [-0.2, -0.15) is 0 Å². The fourth-order valence-electron chi connectivity index (χ4n) is 3.56. The molecule has 0 spiro atoms. The predicted octanol–water partition coefficient (Wildman–Crippen LogP) is 4.91. The van der Waals surface area contributed by atoms with Crippen molar-refractivity contribution in [3.63, 3.8) is 0 Å². The van der Waals surface area contributed by atoms with Crippen LogP contribution in [0.4, 0.5) is 5.69 Å². The minimum atomic E-state index is -0.348. The maximum Gasteiger partial charge on any atom is 0.354 e. The number of carbonyl (C=O) groups excluding carboxylic acids is 1. The van der Waals surface area contributed by atoms with Crippen LogP contribution in [0, 0.1) is 5.92 Å². The minimum Gasteiger partial charge on any atom is -0.464 e. The van der Waals surface area contributed by atoms with Gasteiger partial charge in [-0.25, -0.2) is 4.79 Å². The molecular weight excluding hydrogens is 324 g/mol. The lowest BCUT2D eigenvalue weighted by Crippen LogP contribution is -2.13. The Balaban J connectivity index is 1.43. The van der Waals surface area contributed by atoms with E-state index in [0.717, 1.165) is 29.1 Å². The summed E-state index contributed by atoms with van der Waals surface area (Å²) < 4.78 is 4.77. The van der Waals surface area contributed by atoms with Gasteiger partial charge in [0.25, 0.3) is 0 Å². The number of aromatic amines is 1. The quantitative estimate of drug-likeness (QED) is 0.622. The molecule has 4 heteroatoms. The van der Waals surface area contributed by atoms with Crippen LogP contribution in [0.1, 0.15) is 40.9 Å². The fraction of sp³-hybridized carbons (Fsp3) is 0.318. The molecule has 1 saturated carbocycles. The second-order valence-electron chi connectivity index (χ2n) is 7.15. The van der Waals surface area contributed by atoms with Crippen LogP contribution in [0.15, 0.2) is 48.5 Å². The molecule has 0 amide bonds. The summed E-state index contributed by atoms with van der Waals surface area (Å²) in [5.41, 5.74) is 5.18. The first-order valence-corrected chi connectivity index (χ1v) is 9.24. The number of ether oxygens (including phenoxy) is 1. The zero-order valence-corrected chi connectivity index (χ0v) is 15.0. The SMILES string of the molecule is COC(=O)c1cc2cc(NCc3cccc(CC4CCC4)c3)ccc2[nH]1. The number of hydrogen-bond acceptors (Lipinski definition) is 3. The van der Waals surface area contributed by atoms with Crippen molar-refractivity contribution in [2.24, 2.45) is 5.92 Å². The van der Waals surface area contributed by atoms with Crippen LogP contribution in [0.2, 0.25) is 0 Å². The highest BCUT2D eigenvalue weighted by molar-refractivity contribution is 5.95. The highest BCUT2D eigenvalue weighted by Crippen LogP contribution is 2.30. The second-order valence-corrected chi connectivity index (χ2v) is 7.15. The summed E-state index contributed by atoms with van der Waals surface area (Å²) >= 11 is 0. The van der Waals surface area contributed by atoms with Gasteiger partial charge in [-0.3, -0.25) is 0 Å². The van der Waals surface area contributed by atoms with Crippen molar-refractivity contribution < 1.29 is 9.53 Å². The van der Waals surface area contributed by atoms with Crippen LogP contribution in [0.25, 0.3) is 10.9 Å². The number of anilines is 1. The molecular formula is C22H24N2O2. The molecule has 0 unspecified atom stereocenters. The summed E-state index contributed by atoms with van der Waals surface area (Å²) in [6.07, 6.45) is 5.37. The number of hydrogen-bond donors (Lipinski definition) is 2. The number of methoxy groups -OCH3 is 1. The van der Waals surface area contributed by atoms with E-state index < -0.39 is 0 Å². The Morgan fingerprint density at radius 2 is 2.00 bits per heavy atom. The van der Waals surface area contributed by atoms with E-state index in [9.17, 15) is 4.79 Å². The summed E-state index contributed by atoms with van der Waals surface area (Å²) in [5.74, 6) is 0.539. The molecule has 134 valence electrons. The van der Waals surface area contributed by atoms with Crippen molar-refractivity contribution >= 4 is 22.6 Å². The Labute approximate surface area is 153 Å². The molecule has 26 heavy (non-hydrogen) atoms. The summed E-state index contributed by atoms with van der Waals surface area (Å²) in [4.78, 5) is 14.7. The molecule has 3 aromatic rings. The maximum absolute atomic E-state index is 11.6. The van der Waals surface area contributed by atoms with E-state index in [1.165, 1.54) is 43.9 Å². The number of rotatable bonds is 6. The van der Waals surface area contributed by atoms with Gasteiger partial charge < -0.3 is 15.0 Å². The molecule has 4 rings (SSSR count). The van der Waals surface area contributed by atoms with E-state index in [-0.39, 0.29) is 5.97 Å². The second kappa shape index (κ2) is 7.24. The topological polar surface area (TPSA) is 54.1 Å². The molecule has 0 atom stereocenters. The van der Waals surface area contributed by atoms with Crippen LogP contribution in [0.3, 0.4) is 0 Å². The number of aromatic nitrogens is 1. The summed E-state index contributed by atoms with van der Waals surface area (Å²) in [7, 11) is 1.39. The Morgan fingerprint density at radius 1 is 1.15 bits per heavy atom. The van der Waals surface area contributed by atoms with Crippen LogP contribution >= 0.6 is 0 Å². The van der Waals surface area contributed by atoms with Gasteiger partial charge in [0.05, 0.1) is 7.11 Å². The van der Waals surface area contributed by atoms with Gasteiger partial charge >= 0.3 is 5.97 Å². The Morgan fingerprint density at radius 3 is 2.77 bits per heavy atom. The van der Waals surface area contributed by atoms with E-state index in [2.05, 4.69) is 40.6 Å². The summed E-state index contributed by atoms with van der Waals surface area (Å²) in [5, 5.41) is 4.48. The third kappa shape index (κ3) is 3.59. The van der Waals surface area contributed by atoms with E-state index >= 15 is 0 Å². The lowest BCUT2D eigenvalue weighted by molar-refractivity contribution is 0.0595. The molecule has 1 heterocycles. The minimum absolute atomic E-state index is 0.348. The standard InChI is InChI=1S/C22H24N2O2/c1-26-22(25)21-13-18-12-19(8-9-20(18)24-21)23-14-17-7-3-6-16(11-17)10-15-4-2-5-15/h3,6-9,11-13,15,23-24H,2,4-5,10,14H2,1H3. The summed E-state index contributed by atoms with van der Waals surface area (Å²) in [6, 6.07) is 16.8. The number of H-pyrrole nitrogens is 1. The lowest BCUT2D eigenvalue weighted by Gasteiger charge is -2.25. The van der Waals surface area contributed by atoms with Gasteiger partial charge in [-0.1, -0.05) is 43.5 Å². The highest BCUT2D eigenvalue weighted by Gasteiger charge is 2.17. The molecule has 1 aliphatic carbocycles. The Kier molecular flexibility index (Phi) is 4.65. The molecule has 2 N–H and O–H groups in total. The molecule has 1 aromatic heterocycles. The smallest absolute Gasteiger partial charge is 0.354 e. The lowest BCUT2D eigenvalue weighted by atomic mass is 9.81. The maximum atomic E-state index is 11.6. The Hall–Kier alpha value is -2.75. The molecule has 1 fully saturated rings. The largest absolute Gasteiger partial charge is 0.464 e. The first-order valence-electron chi connectivity index (χ1n) is 9.24. The number of carbonyl (C=O) groups is 1. The number of benzene rings is 2. The van der Waals surface area contributed by atoms with Gasteiger partial charge in [-0.05, 0) is 47.7 Å². The normalized spacial score (nSPS) is 14.2. The predicted molar refractivity (Wildman–Crippen MR) is 104 cm³/mol. The highest BCUT2D eigenvalue weighted by atomic mass is 16.5. The van der Waals surface area contributed by atoms with Gasteiger partial charge in [0.15, 0.2) is 0 Å². The van der Waals surface area contributed by atoms with Crippen LogP contribution in [-0.4, -0.2) is 18.1 Å². The van der Waals surface area contributed by atoms with Crippen LogP contribution in [0.5, 0.6) is 0 Å². The average Bonchev–Trinajstić information content (AvgIpc) is 3.06. The molecule has 1 aliphatic rings. The molecule has 4 nitrogen and oxygen atoms in total. The van der Waals surface area contributed by atoms with Crippen LogP contribution in [-0.2, 0) is 17.7 Å². The van der Waals surface area contributed by atoms with Gasteiger partial charge in [0, 0.05) is 23.1 Å². The number of fused-ring (bicyclic) bond motifs is 1. The van der Waals surface area contributed by atoms with Crippen molar-refractivity contribution in [2.75, 3.05) is 12.4 Å². The zero-order chi connectivity index (χ0) is 17.9.